The van der Waals surface area contributed by atoms with Gasteiger partial charge in [-0.05, 0) is 30.5 Å². The topological polar surface area (TPSA) is 92.7 Å². The Labute approximate surface area is 123 Å². The van der Waals surface area contributed by atoms with Gasteiger partial charge in [0.2, 0.25) is 10.0 Å². The van der Waals surface area contributed by atoms with Gasteiger partial charge in [0.15, 0.2) is 0 Å². The minimum atomic E-state index is -4.05. The van der Waals surface area contributed by atoms with Crippen LogP contribution in [0.15, 0.2) is 23.1 Å². The molecule has 118 valence electrons. The Morgan fingerprint density at radius 1 is 1.48 bits per heavy atom. The van der Waals surface area contributed by atoms with Crippen molar-refractivity contribution in [2.45, 2.75) is 18.2 Å². The predicted octanol–water partition coefficient (Wildman–Crippen LogP) is 0.909. The van der Waals surface area contributed by atoms with Gasteiger partial charge in [0, 0.05) is 13.2 Å². The van der Waals surface area contributed by atoms with E-state index in [1.54, 1.807) is 6.92 Å². The van der Waals surface area contributed by atoms with Crippen molar-refractivity contribution in [2.75, 3.05) is 20.3 Å². The van der Waals surface area contributed by atoms with Crippen LogP contribution in [0.4, 0.5) is 4.39 Å². The van der Waals surface area contributed by atoms with Crippen molar-refractivity contribution in [1.82, 2.24) is 4.72 Å². The molecule has 1 rings (SSSR count). The first kappa shape index (κ1) is 17.5. The van der Waals surface area contributed by atoms with Crippen molar-refractivity contribution >= 4 is 16.0 Å². The Hall–Kier alpha value is -1.51. The summed E-state index contributed by atoms with van der Waals surface area (Å²) >= 11 is 0. The minimum absolute atomic E-state index is 0.0593. The lowest BCUT2D eigenvalue weighted by atomic mass is 10.1. The van der Waals surface area contributed by atoms with Gasteiger partial charge >= 0.3 is 5.97 Å². The summed E-state index contributed by atoms with van der Waals surface area (Å²) in [6.07, 6.45) is 0.426. The summed E-state index contributed by atoms with van der Waals surface area (Å²) in [5, 5.41) is 8.78. The number of aliphatic hydroxyl groups excluding tert-OH is 1. The molecular formula is C13H18FNO5S. The SMILES string of the molecule is COC(=O)c1ccc(F)cc1S(=O)(=O)NCC(C)CCO. The number of carbonyl (C=O) groups is 1. The van der Waals surface area contributed by atoms with Crippen LogP contribution in [0.2, 0.25) is 0 Å². The van der Waals surface area contributed by atoms with Gasteiger partial charge in [-0.3, -0.25) is 0 Å². The number of nitrogens with one attached hydrogen (secondary N) is 1. The normalized spacial score (nSPS) is 13.0. The van der Waals surface area contributed by atoms with Crippen LogP contribution in [0.1, 0.15) is 23.7 Å². The highest BCUT2D eigenvalue weighted by Gasteiger charge is 2.24. The summed E-state index contributed by atoms with van der Waals surface area (Å²) in [6.45, 7) is 1.77. The lowest BCUT2D eigenvalue weighted by Gasteiger charge is -2.13. The van der Waals surface area contributed by atoms with Crippen LogP contribution >= 0.6 is 0 Å². The fourth-order valence-corrected chi connectivity index (χ4v) is 3.02. The number of benzene rings is 1. The molecule has 21 heavy (non-hydrogen) atoms. The van der Waals surface area contributed by atoms with Crippen LogP contribution in [0.3, 0.4) is 0 Å². The summed E-state index contributed by atoms with van der Waals surface area (Å²) in [5.74, 6) is -1.73. The molecule has 1 aromatic carbocycles. The molecule has 0 spiro atoms. The molecule has 0 saturated heterocycles. The second kappa shape index (κ2) is 7.48. The van der Waals surface area contributed by atoms with E-state index in [2.05, 4.69) is 9.46 Å². The van der Waals surface area contributed by atoms with E-state index in [4.69, 9.17) is 5.11 Å². The van der Waals surface area contributed by atoms with Gasteiger partial charge in [0.1, 0.15) is 5.82 Å². The van der Waals surface area contributed by atoms with Crippen LogP contribution in [-0.4, -0.2) is 39.8 Å². The Morgan fingerprint density at radius 3 is 2.71 bits per heavy atom. The van der Waals surface area contributed by atoms with E-state index in [9.17, 15) is 17.6 Å². The van der Waals surface area contributed by atoms with Crippen LogP contribution in [0, 0.1) is 11.7 Å². The maximum absolute atomic E-state index is 13.3. The fourth-order valence-electron chi connectivity index (χ4n) is 1.65. The van der Waals surface area contributed by atoms with Crippen molar-refractivity contribution in [3.05, 3.63) is 29.6 Å². The molecule has 0 amide bonds. The Balaban J connectivity index is 3.07. The quantitative estimate of drug-likeness (QED) is 0.729. The standard InChI is InChI=1S/C13H18FNO5S/c1-9(5-6-16)8-15-21(18,19)12-7-10(14)3-4-11(12)13(17)20-2/h3-4,7,9,15-16H,5-6,8H2,1-2H3. The average molecular weight is 319 g/mol. The second-order valence-corrected chi connectivity index (χ2v) is 6.34. The van der Waals surface area contributed by atoms with Gasteiger partial charge in [-0.1, -0.05) is 6.92 Å². The first-order valence-corrected chi connectivity index (χ1v) is 7.78. The lowest BCUT2D eigenvalue weighted by Crippen LogP contribution is -2.30. The number of methoxy groups -OCH3 is 1. The van der Waals surface area contributed by atoms with E-state index in [1.807, 2.05) is 0 Å². The molecular weight excluding hydrogens is 301 g/mol. The number of hydrogen-bond acceptors (Lipinski definition) is 5. The van der Waals surface area contributed by atoms with Gasteiger partial charge in [0.05, 0.1) is 17.6 Å². The number of aliphatic hydroxyl groups is 1. The molecule has 1 aromatic rings. The molecule has 0 heterocycles. The Bertz CT molecular complexity index is 603. The molecule has 0 saturated carbocycles. The molecule has 1 unspecified atom stereocenters. The van der Waals surface area contributed by atoms with E-state index < -0.39 is 26.7 Å². The molecule has 8 heteroatoms. The highest BCUT2D eigenvalue weighted by molar-refractivity contribution is 7.89. The third kappa shape index (κ3) is 4.76. The van der Waals surface area contributed by atoms with E-state index in [1.165, 1.54) is 0 Å². The monoisotopic (exact) mass is 319 g/mol. The van der Waals surface area contributed by atoms with E-state index >= 15 is 0 Å². The van der Waals surface area contributed by atoms with E-state index in [0.717, 1.165) is 25.3 Å². The number of halogens is 1. The molecule has 0 aliphatic carbocycles. The molecule has 2 N–H and O–H groups in total. The van der Waals surface area contributed by atoms with Crippen molar-refractivity contribution in [3.8, 4) is 0 Å². The van der Waals surface area contributed by atoms with E-state index in [0.29, 0.717) is 6.42 Å². The molecule has 0 aromatic heterocycles. The number of sulfonamides is 1. The highest BCUT2D eigenvalue weighted by atomic mass is 32.2. The Morgan fingerprint density at radius 2 is 2.14 bits per heavy atom. The van der Waals surface area contributed by atoms with Crippen molar-refractivity contribution in [1.29, 1.82) is 0 Å². The fraction of sp³-hybridized carbons (Fsp3) is 0.462. The first-order chi connectivity index (χ1) is 9.81. The summed E-state index contributed by atoms with van der Waals surface area (Å²) in [7, 11) is -2.94. The number of rotatable bonds is 7. The van der Waals surface area contributed by atoms with Gasteiger partial charge in [-0.25, -0.2) is 22.3 Å². The number of hydrogen-bond donors (Lipinski definition) is 2. The third-order valence-electron chi connectivity index (χ3n) is 2.88. The van der Waals surface area contributed by atoms with Crippen molar-refractivity contribution in [2.24, 2.45) is 5.92 Å². The van der Waals surface area contributed by atoms with Gasteiger partial charge < -0.3 is 9.84 Å². The molecule has 0 aliphatic rings. The maximum atomic E-state index is 13.3. The summed E-state index contributed by atoms with van der Waals surface area (Å²) in [5.41, 5.74) is -0.235. The van der Waals surface area contributed by atoms with Gasteiger partial charge in [0.25, 0.3) is 0 Å². The van der Waals surface area contributed by atoms with Crippen LogP contribution in [0.25, 0.3) is 0 Å². The summed E-state index contributed by atoms with van der Waals surface area (Å²) in [6, 6.07) is 2.82. The van der Waals surface area contributed by atoms with Gasteiger partial charge in [-0.2, -0.15) is 0 Å². The number of ether oxygens (including phenoxy) is 1. The van der Waals surface area contributed by atoms with Gasteiger partial charge in [-0.15, -0.1) is 0 Å². The van der Waals surface area contributed by atoms with Crippen LogP contribution < -0.4 is 4.72 Å². The maximum Gasteiger partial charge on any atom is 0.339 e. The summed E-state index contributed by atoms with van der Waals surface area (Å²) < 4.78 is 44.4. The molecule has 0 radical (unpaired) electrons. The molecule has 6 nitrogen and oxygen atoms in total. The second-order valence-electron chi connectivity index (χ2n) is 4.60. The van der Waals surface area contributed by atoms with Crippen molar-refractivity contribution < 1.29 is 27.4 Å². The minimum Gasteiger partial charge on any atom is -0.465 e. The number of carbonyl (C=O) groups excluding carboxylic acids is 1. The molecule has 0 bridgehead atoms. The van der Waals surface area contributed by atoms with E-state index in [-0.39, 0.29) is 24.6 Å². The Kier molecular flexibility index (Phi) is 6.25. The molecule has 1 atom stereocenters. The average Bonchev–Trinajstić information content (AvgIpc) is 2.44. The predicted molar refractivity (Wildman–Crippen MR) is 73.8 cm³/mol. The van der Waals surface area contributed by atoms with Crippen LogP contribution in [-0.2, 0) is 14.8 Å². The molecule has 0 aliphatic heterocycles. The van der Waals surface area contributed by atoms with Crippen molar-refractivity contribution in [3.63, 3.8) is 0 Å². The summed E-state index contributed by atoms with van der Waals surface area (Å²) in [4.78, 5) is 11.1. The zero-order chi connectivity index (χ0) is 16.0. The third-order valence-corrected chi connectivity index (χ3v) is 4.35. The first-order valence-electron chi connectivity index (χ1n) is 6.30. The zero-order valence-electron chi connectivity index (χ0n) is 11.8. The largest absolute Gasteiger partial charge is 0.465 e. The highest BCUT2D eigenvalue weighted by Crippen LogP contribution is 2.18. The van der Waals surface area contributed by atoms with Crippen LogP contribution in [0.5, 0.6) is 0 Å². The molecule has 0 fully saturated rings. The number of esters is 1. The lowest BCUT2D eigenvalue weighted by molar-refractivity contribution is 0.0596. The zero-order valence-corrected chi connectivity index (χ0v) is 12.6. The smallest absolute Gasteiger partial charge is 0.339 e.